The largest absolute Gasteiger partial charge is 0.490 e. The summed E-state index contributed by atoms with van der Waals surface area (Å²) in [5.41, 5.74) is 0.976. The van der Waals surface area contributed by atoms with Crippen LogP contribution in [-0.2, 0) is 21.2 Å². The third-order valence-corrected chi connectivity index (χ3v) is 6.72. The van der Waals surface area contributed by atoms with Gasteiger partial charge in [-0.25, -0.2) is 13.1 Å². The summed E-state index contributed by atoms with van der Waals surface area (Å²) >= 11 is 5.82. The Morgan fingerprint density at radius 2 is 1.87 bits per heavy atom. The lowest BCUT2D eigenvalue weighted by atomic mass is 10.1. The number of ether oxygens (including phenoxy) is 1. The molecule has 31 heavy (non-hydrogen) atoms. The Bertz CT molecular complexity index is 1320. The second-order valence-corrected chi connectivity index (χ2v) is 9.32. The van der Waals surface area contributed by atoms with Crippen LogP contribution in [0.3, 0.4) is 0 Å². The molecule has 4 rings (SSSR count). The molecule has 0 saturated carbocycles. The number of anilines is 1. The van der Waals surface area contributed by atoms with Gasteiger partial charge in [0, 0.05) is 11.1 Å². The molecule has 0 aliphatic carbocycles. The normalized spacial score (nSPS) is 13.4. The molecular formula is C21H18ClN3O5S. The van der Waals surface area contributed by atoms with Crippen LogP contribution in [0.4, 0.5) is 5.69 Å². The highest BCUT2D eigenvalue weighted by Crippen LogP contribution is 2.32. The standard InChI is InChI=1S/C21H18ClN3O5S/c1-14-2-7-18-17(12-14)24(10-11-30-18)21(27)13-25-20(26)9-8-19(23-25)31(28,29)16-5-3-15(22)4-6-16/h2-9,12H,10-11,13H2,1H3. The lowest BCUT2D eigenvalue weighted by Gasteiger charge is -2.29. The van der Waals surface area contributed by atoms with E-state index < -0.39 is 27.8 Å². The van der Waals surface area contributed by atoms with Crippen LogP contribution in [-0.4, -0.2) is 37.3 Å². The lowest BCUT2D eigenvalue weighted by Crippen LogP contribution is -2.42. The summed E-state index contributed by atoms with van der Waals surface area (Å²) < 4.78 is 32.2. The highest BCUT2D eigenvalue weighted by atomic mass is 35.5. The fraction of sp³-hybridized carbons (Fsp3) is 0.190. The molecule has 160 valence electrons. The van der Waals surface area contributed by atoms with E-state index in [2.05, 4.69) is 5.10 Å². The zero-order valence-corrected chi connectivity index (χ0v) is 18.1. The molecule has 0 bridgehead atoms. The number of sulfone groups is 1. The van der Waals surface area contributed by atoms with Crippen molar-refractivity contribution in [3.8, 4) is 5.75 Å². The molecule has 3 aromatic rings. The monoisotopic (exact) mass is 459 g/mol. The van der Waals surface area contributed by atoms with Crippen LogP contribution in [0, 0.1) is 6.92 Å². The molecule has 1 aromatic heterocycles. The summed E-state index contributed by atoms with van der Waals surface area (Å²) in [7, 11) is -3.98. The molecule has 2 aromatic carbocycles. The molecule has 0 radical (unpaired) electrons. The summed E-state index contributed by atoms with van der Waals surface area (Å²) in [6, 6.07) is 13.3. The molecule has 2 heterocycles. The average Bonchev–Trinajstić information content (AvgIpc) is 2.75. The van der Waals surface area contributed by atoms with Gasteiger partial charge in [0.15, 0.2) is 5.03 Å². The van der Waals surface area contributed by atoms with E-state index in [1.165, 1.54) is 29.2 Å². The minimum absolute atomic E-state index is 0.0153. The summed E-state index contributed by atoms with van der Waals surface area (Å²) in [5, 5.41) is 4.01. The molecule has 0 unspecified atom stereocenters. The van der Waals surface area contributed by atoms with Crippen LogP contribution >= 0.6 is 11.6 Å². The fourth-order valence-electron chi connectivity index (χ4n) is 3.22. The van der Waals surface area contributed by atoms with E-state index >= 15 is 0 Å². The van der Waals surface area contributed by atoms with Gasteiger partial charge in [0.1, 0.15) is 18.9 Å². The zero-order valence-electron chi connectivity index (χ0n) is 16.5. The number of rotatable bonds is 4. The first-order chi connectivity index (χ1) is 14.8. The van der Waals surface area contributed by atoms with Crippen molar-refractivity contribution in [1.82, 2.24) is 9.78 Å². The summed E-state index contributed by atoms with van der Waals surface area (Å²) in [6.07, 6.45) is 0. The number of carbonyl (C=O) groups is 1. The molecule has 10 heteroatoms. The molecule has 0 spiro atoms. The van der Waals surface area contributed by atoms with Gasteiger partial charge in [0.05, 0.1) is 17.1 Å². The van der Waals surface area contributed by atoms with E-state index in [4.69, 9.17) is 16.3 Å². The number of fused-ring (bicyclic) bond motifs is 1. The third-order valence-electron chi connectivity index (χ3n) is 4.81. The second-order valence-electron chi connectivity index (χ2n) is 6.99. The predicted molar refractivity (Wildman–Crippen MR) is 114 cm³/mol. The summed E-state index contributed by atoms with van der Waals surface area (Å²) in [6.45, 7) is 2.12. The topological polar surface area (TPSA) is 98.6 Å². The van der Waals surface area contributed by atoms with E-state index in [0.29, 0.717) is 29.6 Å². The van der Waals surface area contributed by atoms with Crippen molar-refractivity contribution in [3.63, 3.8) is 0 Å². The lowest BCUT2D eigenvalue weighted by molar-refractivity contribution is -0.119. The molecule has 1 aliphatic heterocycles. The minimum Gasteiger partial charge on any atom is -0.490 e. The molecule has 0 atom stereocenters. The van der Waals surface area contributed by atoms with E-state index in [1.807, 2.05) is 19.1 Å². The van der Waals surface area contributed by atoms with Crippen molar-refractivity contribution in [1.29, 1.82) is 0 Å². The number of carbonyl (C=O) groups excluding carboxylic acids is 1. The van der Waals surface area contributed by atoms with Gasteiger partial charge in [-0.15, -0.1) is 0 Å². The van der Waals surface area contributed by atoms with Gasteiger partial charge in [-0.2, -0.15) is 5.10 Å². The molecular weight excluding hydrogens is 442 g/mol. The smallest absolute Gasteiger partial charge is 0.267 e. The van der Waals surface area contributed by atoms with Crippen molar-refractivity contribution in [2.24, 2.45) is 0 Å². The number of amides is 1. The second kappa shape index (κ2) is 8.16. The molecule has 0 N–H and O–H groups in total. The first-order valence-corrected chi connectivity index (χ1v) is 11.2. The van der Waals surface area contributed by atoms with Crippen molar-refractivity contribution in [2.45, 2.75) is 23.4 Å². The number of hydrogen-bond donors (Lipinski definition) is 0. The number of nitrogens with zero attached hydrogens (tertiary/aromatic N) is 3. The van der Waals surface area contributed by atoms with E-state index in [0.717, 1.165) is 22.4 Å². The number of halogens is 1. The van der Waals surface area contributed by atoms with Crippen LogP contribution < -0.4 is 15.2 Å². The first kappa shape index (κ1) is 21.1. The van der Waals surface area contributed by atoms with Gasteiger partial charge in [-0.3, -0.25) is 9.59 Å². The number of hydrogen-bond acceptors (Lipinski definition) is 6. The van der Waals surface area contributed by atoms with Gasteiger partial charge in [-0.1, -0.05) is 17.7 Å². The highest BCUT2D eigenvalue weighted by Gasteiger charge is 2.26. The van der Waals surface area contributed by atoms with Crippen molar-refractivity contribution in [3.05, 3.63) is 75.5 Å². The number of benzene rings is 2. The van der Waals surface area contributed by atoms with E-state index in [9.17, 15) is 18.0 Å². The molecule has 0 fully saturated rings. The Labute approximate surface area is 183 Å². The van der Waals surface area contributed by atoms with Crippen LogP contribution in [0.25, 0.3) is 0 Å². The molecule has 1 aliphatic rings. The molecule has 8 nitrogen and oxygen atoms in total. The van der Waals surface area contributed by atoms with Crippen molar-refractivity contribution >= 4 is 33.0 Å². The average molecular weight is 460 g/mol. The van der Waals surface area contributed by atoms with Crippen LogP contribution in [0.5, 0.6) is 5.75 Å². The Hall–Kier alpha value is -3.17. The number of aryl methyl sites for hydroxylation is 1. The molecule has 1 amide bonds. The van der Waals surface area contributed by atoms with Gasteiger partial charge in [0.2, 0.25) is 15.7 Å². The zero-order chi connectivity index (χ0) is 22.2. The summed E-state index contributed by atoms with van der Waals surface area (Å²) in [5.74, 6) is 0.176. The van der Waals surface area contributed by atoms with Gasteiger partial charge >= 0.3 is 0 Å². The minimum atomic E-state index is -3.98. The van der Waals surface area contributed by atoms with Gasteiger partial charge in [-0.05, 0) is 55.0 Å². The fourth-order valence-corrected chi connectivity index (χ4v) is 4.54. The van der Waals surface area contributed by atoms with Gasteiger partial charge in [0.25, 0.3) is 5.56 Å². The predicted octanol–water partition coefficient (Wildman–Crippen LogP) is 2.46. The van der Waals surface area contributed by atoms with Crippen LogP contribution in [0.15, 0.2) is 69.3 Å². The quantitative estimate of drug-likeness (QED) is 0.594. The highest BCUT2D eigenvalue weighted by molar-refractivity contribution is 7.91. The maximum Gasteiger partial charge on any atom is 0.267 e. The Balaban J connectivity index is 1.65. The van der Waals surface area contributed by atoms with Crippen LogP contribution in [0.1, 0.15) is 5.56 Å². The Kier molecular flexibility index (Phi) is 5.55. The third kappa shape index (κ3) is 4.19. The Morgan fingerprint density at radius 3 is 2.61 bits per heavy atom. The SMILES string of the molecule is Cc1ccc2c(c1)N(C(=O)Cn1nc(S(=O)(=O)c3ccc(Cl)cc3)ccc1=O)CCO2. The van der Waals surface area contributed by atoms with Crippen LogP contribution in [0.2, 0.25) is 5.02 Å². The number of aromatic nitrogens is 2. The maximum absolute atomic E-state index is 13.0. The summed E-state index contributed by atoms with van der Waals surface area (Å²) in [4.78, 5) is 26.8. The van der Waals surface area contributed by atoms with Crippen molar-refractivity contribution < 1.29 is 17.9 Å². The van der Waals surface area contributed by atoms with E-state index in [1.54, 1.807) is 6.07 Å². The maximum atomic E-state index is 13.0. The first-order valence-electron chi connectivity index (χ1n) is 9.38. The van der Waals surface area contributed by atoms with E-state index in [-0.39, 0.29) is 9.92 Å². The molecule has 0 saturated heterocycles. The van der Waals surface area contributed by atoms with Crippen molar-refractivity contribution in [2.75, 3.05) is 18.1 Å². The van der Waals surface area contributed by atoms with Gasteiger partial charge < -0.3 is 9.64 Å². The Morgan fingerprint density at radius 1 is 1.13 bits per heavy atom.